The zero-order valence-electron chi connectivity index (χ0n) is 11.4. The molecule has 0 unspecified atom stereocenters. The van der Waals surface area contributed by atoms with E-state index in [4.69, 9.17) is 0 Å². The van der Waals surface area contributed by atoms with Crippen molar-refractivity contribution in [3.8, 4) is 0 Å². The minimum atomic E-state index is 0.161. The molecule has 2 aromatic rings. The van der Waals surface area contributed by atoms with Crippen molar-refractivity contribution >= 4 is 5.78 Å². The number of ketones is 1. The van der Waals surface area contributed by atoms with Gasteiger partial charge < -0.3 is 4.98 Å². The van der Waals surface area contributed by atoms with Crippen LogP contribution in [0.15, 0.2) is 24.3 Å². The van der Waals surface area contributed by atoms with Gasteiger partial charge in [-0.05, 0) is 44.4 Å². The number of carbonyl (C=O) groups is 1. The average Bonchev–Trinajstić information content (AvgIpc) is 2.57. The molecule has 1 aromatic heterocycles. The van der Waals surface area contributed by atoms with Crippen LogP contribution in [0.5, 0.6) is 0 Å². The lowest BCUT2D eigenvalue weighted by molar-refractivity contribution is 0.0988. The second-order valence-corrected chi connectivity index (χ2v) is 4.96. The van der Waals surface area contributed by atoms with Crippen LogP contribution >= 0.6 is 0 Å². The molecule has 18 heavy (non-hydrogen) atoms. The van der Waals surface area contributed by atoms with Gasteiger partial charge in [-0.1, -0.05) is 29.8 Å². The second-order valence-electron chi connectivity index (χ2n) is 4.96. The summed E-state index contributed by atoms with van der Waals surface area (Å²) in [7, 11) is 0. The highest BCUT2D eigenvalue weighted by Crippen LogP contribution is 2.18. The summed E-state index contributed by atoms with van der Waals surface area (Å²) >= 11 is 0. The summed E-state index contributed by atoms with van der Waals surface area (Å²) in [5, 5.41) is 0. The van der Waals surface area contributed by atoms with E-state index in [1.165, 1.54) is 11.1 Å². The van der Waals surface area contributed by atoms with Gasteiger partial charge in [-0.15, -0.1) is 0 Å². The van der Waals surface area contributed by atoms with E-state index in [9.17, 15) is 4.79 Å². The molecule has 2 heteroatoms. The molecule has 0 amide bonds. The number of aryl methyl sites for hydroxylation is 2. The number of carbonyl (C=O) groups excluding carboxylic acids is 1. The largest absolute Gasteiger partial charge is 0.356 e. The van der Waals surface area contributed by atoms with E-state index >= 15 is 0 Å². The van der Waals surface area contributed by atoms with Gasteiger partial charge in [0.2, 0.25) is 0 Å². The number of hydrogen-bond donors (Lipinski definition) is 1. The molecule has 2 rings (SSSR count). The van der Waals surface area contributed by atoms with Crippen LogP contribution in [0.25, 0.3) is 0 Å². The Morgan fingerprint density at radius 2 is 1.83 bits per heavy atom. The standard InChI is InChI=1S/C16H19NO/c1-10-6-5-7-14(8-10)9-15(18)16-12(3)11(2)13(4)17-16/h5-8,17H,9H2,1-4H3. The van der Waals surface area contributed by atoms with Crippen LogP contribution in [0.3, 0.4) is 0 Å². The molecule has 1 aromatic carbocycles. The lowest BCUT2D eigenvalue weighted by atomic mass is 10.0. The molecule has 0 atom stereocenters. The topological polar surface area (TPSA) is 32.9 Å². The number of benzene rings is 1. The molecule has 1 N–H and O–H groups in total. The SMILES string of the molecule is Cc1cccc(CC(=O)c2[nH]c(C)c(C)c2C)c1. The monoisotopic (exact) mass is 241 g/mol. The van der Waals surface area contributed by atoms with E-state index in [0.717, 1.165) is 22.5 Å². The van der Waals surface area contributed by atoms with Crippen LogP contribution in [-0.2, 0) is 6.42 Å². The third-order valence-corrected chi connectivity index (χ3v) is 3.54. The first-order valence-electron chi connectivity index (χ1n) is 6.23. The third kappa shape index (κ3) is 2.37. The molecule has 1 heterocycles. The molecule has 2 nitrogen and oxygen atoms in total. The number of rotatable bonds is 3. The van der Waals surface area contributed by atoms with Crippen molar-refractivity contribution in [2.45, 2.75) is 34.1 Å². The summed E-state index contributed by atoms with van der Waals surface area (Å²) in [6.07, 6.45) is 0.460. The van der Waals surface area contributed by atoms with Gasteiger partial charge in [0.05, 0.1) is 5.69 Å². The molecule has 0 saturated carbocycles. The van der Waals surface area contributed by atoms with E-state index < -0.39 is 0 Å². The first-order chi connectivity index (χ1) is 8.49. The highest BCUT2D eigenvalue weighted by atomic mass is 16.1. The Morgan fingerprint density at radius 3 is 2.39 bits per heavy atom. The van der Waals surface area contributed by atoms with Crippen LogP contribution in [0.1, 0.15) is 38.4 Å². The predicted octanol–water partition coefficient (Wildman–Crippen LogP) is 3.67. The number of hydrogen-bond acceptors (Lipinski definition) is 1. The Balaban J connectivity index is 2.25. The van der Waals surface area contributed by atoms with Gasteiger partial charge in [-0.2, -0.15) is 0 Å². The smallest absolute Gasteiger partial charge is 0.183 e. The first-order valence-corrected chi connectivity index (χ1v) is 6.23. The molecule has 0 aliphatic carbocycles. The number of H-pyrrole nitrogens is 1. The Bertz CT molecular complexity index is 593. The van der Waals surface area contributed by atoms with E-state index in [2.05, 4.69) is 11.1 Å². The molecule has 0 spiro atoms. The van der Waals surface area contributed by atoms with Crippen molar-refractivity contribution < 1.29 is 4.79 Å². The van der Waals surface area contributed by atoms with E-state index in [1.54, 1.807) is 0 Å². The van der Waals surface area contributed by atoms with Gasteiger partial charge in [-0.3, -0.25) is 4.79 Å². The van der Waals surface area contributed by atoms with Gasteiger partial charge in [0.15, 0.2) is 5.78 Å². The summed E-state index contributed by atoms with van der Waals surface area (Å²) in [5.41, 5.74) is 6.36. The highest BCUT2D eigenvalue weighted by Gasteiger charge is 2.15. The van der Waals surface area contributed by atoms with Crippen LogP contribution in [-0.4, -0.2) is 10.8 Å². The van der Waals surface area contributed by atoms with Gasteiger partial charge in [0.1, 0.15) is 0 Å². The zero-order chi connectivity index (χ0) is 13.3. The van der Waals surface area contributed by atoms with E-state index in [-0.39, 0.29) is 5.78 Å². The summed E-state index contributed by atoms with van der Waals surface area (Å²) in [6, 6.07) is 8.11. The lowest BCUT2D eigenvalue weighted by Crippen LogP contribution is -2.06. The Kier molecular flexibility index (Phi) is 3.37. The van der Waals surface area contributed by atoms with E-state index in [0.29, 0.717) is 6.42 Å². The quantitative estimate of drug-likeness (QED) is 0.817. The van der Waals surface area contributed by atoms with Crippen molar-refractivity contribution in [1.82, 2.24) is 4.98 Å². The zero-order valence-corrected chi connectivity index (χ0v) is 11.4. The van der Waals surface area contributed by atoms with Crippen LogP contribution in [0, 0.1) is 27.7 Å². The molecule has 94 valence electrons. The molecular formula is C16H19NO. The van der Waals surface area contributed by atoms with Gasteiger partial charge >= 0.3 is 0 Å². The summed E-state index contributed by atoms with van der Waals surface area (Å²) in [6.45, 7) is 8.10. The molecule has 0 fully saturated rings. The molecule has 0 bridgehead atoms. The number of aromatic nitrogens is 1. The Hall–Kier alpha value is -1.83. The summed E-state index contributed by atoms with van der Waals surface area (Å²) < 4.78 is 0. The fourth-order valence-electron chi connectivity index (χ4n) is 2.22. The van der Waals surface area contributed by atoms with Gasteiger partial charge in [-0.25, -0.2) is 0 Å². The second kappa shape index (κ2) is 4.81. The van der Waals surface area contributed by atoms with Crippen LogP contribution in [0.2, 0.25) is 0 Å². The van der Waals surface area contributed by atoms with Crippen molar-refractivity contribution in [3.05, 3.63) is 57.9 Å². The Morgan fingerprint density at radius 1 is 1.11 bits per heavy atom. The van der Waals surface area contributed by atoms with E-state index in [1.807, 2.05) is 45.9 Å². The van der Waals surface area contributed by atoms with Crippen LogP contribution in [0.4, 0.5) is 0 Å². The molecule has 0 aliphatic heterocycles. The average molecular weight is 241 g/mol. The van der Waals surface area contributed by atoms with Crippen molar-refractivity contribution in [1.29, 1.82) is 0 Å². The fraction of sp³-hybridized carbons (Fsp3) is 0.312. The molecule has 0 saturated heterocycles. The van der Waals surface area contributed by atoms with Crippen LogP contribution < -0.4 is 0 Å². The predicted molar refractivity (Wildman–Crippen MR) is 74.2 cm³/mol. The summed E-state index contributed by atoms with van der Waals surface area (Å²) in [5.74, 6) is 0.161. The molecular weight excluding hydrogens is 222 g/mol. The maximum absolute atomic E-state index is 12.3. The number of aromatic amines is 1. The van der Waals surface area contributed by atoms with Gasteiger partial charge in [0.25, 0.3) is 0 Å². The lowest BCUT2D eigenvalue weighted by Gasteiger charge is -2.02. The maximum atomic E-state index is 12.3. The maximum Gasteiger partial charge on any atom is 0.183 e. The third-order valence-electron chi connectivity index (χ3n) is 3.54. The van der Waals surface area contributed by atoms with Crippen molar-refractivity contribution in [2.24, 2.45) is 0 Å². The van der Waals surface area contributed by atoms with Crippen molar-refractivity contribution in [3.63, 3.8) is 0 Å². The summed E-state index contributed by atoms with van der Waals surface area (Å²) in [4.78, 5) is 15.5. The van der Waals surface area contributed by atoms with Crippen molar-refractivity contribution in [2.75, 3.05) is 0 Å². The number of Topliss-reactive ketones (excluding diaryl/α,β-unsaturated/α-hetero) is 1. The minimum Gasteiger partial charge on any atom is -0.356 e. The molecule has 0 radical (unpaired) electrons. The fourth-order valence-corrected chi connectivity index (χ4v) is 2.22. The highest BCUT2D eigenvalue weighted by molar-refractivity contribution is 5.97. The minimum absolute atomic E-state index is 0.161. The first kappa shape index (κ1) is 12.6. The normalized spacial score (nSPS) is 10.7. The number of nitrogens with one attached hydrogen (secondary N) is 1. The Labute approximate surface area is 108 Å². The molecule has 0 aliphatic rings. The van der Waals surface area contributed by atoms with Gasteiger partial charge in [0, 0.05) is 12.1 Å².